The number of benzene rings is 1. The lowest BCUT2D eigenvalue weighted by Crippen LogP contribution is -2.24. The van der Waals surface area contributed by atoms with Crippen LogP contribution >= 0.6 is 0 Å². The molecule has 1 aromatic carbocycles. The van der Waals surface area contributed by atoms with E-state index in [1.165, 1.54) is 19.1 Å². The average Bonchev–Trinajstić information content (AvgIpc) is 2.16. The molecule has 0 aromatic heterocycles. The van der Waals surface area contributed by atoms with Crippen LogP contribution in [0.2, 0.25) is 0 Å². The molecule has 4 heteroatoms. The van der Waals surface area contributed by atoms with Crippen molar-refractivity contribution < 1.29 is 14.6 Å². The molecule has 0 aliphatic carbocycles. The van der Waals surface area contributed by atoms with E-state index in [9.17, 15) is 9.50 Å². The average molecular weight is 199 g/mol. The molecule has 1 aromatic rings. The predicted molar refractivity (Wildman–Crippen MR) is 50.9 cm³/mol. The van der Waals surface area contributed by atoms with Crippen molar-refractivity contribution >= 4 is 0 Å². The Kier molecular flexibility index (Phi) is 3.57. The Labute approximate surface area is 82.0 Å². The molecule has 3 nitrogen and oxygen atoms in total. The van der Waals surface area contributed by atoms with Gasteiger partial charge in [0, 0.05) is 5.56 Å². The summed E-state index contributed by atoms with van der Waals surface area (Å²) in [4.78, 5) is 0. The van der Waals surface area contributed by atoms with Crippen molar-refractivity contribution in [2.75, 3.05) is 0 Å². The molecular weight excluding hydrogens is 185 g/mol. The summed E-state index contributed by atoms with van der Waals surface area (Å²) in [6.07, 6.45) is -0.801. The Morgan fingerprint density at radius 2 is 2.14 bits per heavy atom. The molecule has 0 fully saturated rings. The second-order valence-corrected chi connectivity index (χ2v) is 3.28. The molecule has 14 heavy (non-hydrogen) atoms. The monoisotopic (exact) mass is 199 g/mol. The van der Waals surface area contributed by atoms with Gasteiger partial charge in [0.25, 0.3) is 0 Å². The Morgan fingerprint density at radius 1 is 1.50 bits per heavy atom. The number of halogens is 1. The first-order valence-corrected chi connectivity index (χ1v) is 4.39. The van der Waals surface area contributed by atoms with Gasteiger partial charge in [-0.05, 0) is 18.6 Å². The zero-order valence-electron chi connectivity index (χ0n) is 7.94. The maximum atomic E-state index is 13.3. The SMILES string of the molecule is C[C@@H](O)[C@H](N)c1ccc(CO)cc1F. The third-order valence-electron chi connectivity index (χ3n) is 2.13. The highest BCUT2D eigenvalue weighted by molar-refractivity contribution is 5.26. The van der Waals surface area contributed by atoms with E-state index >= 15 is 0 Å². The number of hydrogen-bond acceptors (Lipinski definition) is 3. The van der Waals surface area contributed by atoms with E-state index < -0.39 is 18.0 Å². The quantitative estimate of drug-likeness (QED) is 0.671. The van der Waals surface area contributed by atoms with Crippen molar-refractivity contribution in [1.29, 1.82) is 0 Å². The van der Waals surface area contributed by atoms with Crippen LogP contribution in [-0.2, 0) is 6.61 Å². The minimum Gasteiger partial charge on any atom is -0.392 e. The molecule has 2 atom stereocenters. The van der Waals surface area contributed by atoms with E-state index in [-0.39, 0.29) is 12.2 Å². The predicted octanol–water partition coefficient (Wildman–Crippen LogP) is 0.699. The first kappa shape index (κ1) is 11.1. The van der Waals surface area contributed by atoms with Crippen LogP contribution in [0.3, 0.4) is 0 Å². The number of hydrogen-bond donors (Lipinski definition) is 3. The van der Waals surface area contributed by atoms with Crippen molar-refractivity contribution in [1.82, 2.24) is 0 Å². The number of aliphatic hydroxyl groups excluding tert-OH is 2. The maximum absolute atomic E-state index is 13.3. The van der Waals surface area contributed by atoms with Gasteiger partial charge in [0.15, 0.2) is 0 Å². The molecule has 0 aliphatic heterocycles. The third kappa shape index (κ3) is 2.29. The Morgan fingerprint density at radius 3 is 2.57 bits per heavy atom. The minimum absolute atomic E-state index is 0.207. The van der Waals surface area contributed by atoms with E-state index in [2.05, 4.69) is 0 Å². The van der Waals surface area contributed by atoms with Gasteiger partial charge < -0.3 is 15.9 Å². The van der Waals surface area contributed by atoms with Gasteiger partial charge in [0.2, 0.25) is 0 Å². The third-order valence-corrected chi connectivity index (χ3v) is 2.13. The smallest absolute Gasteiger partial charge is 0.128 e. The van der Waals surface area contributed by atoms with E-state index in [0.29, 0.717) is 5.56 Å². The fraction of sp³-hybridized carbons (Fsp3) is 0.400. The second kappa shape index (κ2) is 4.50. The summed E-state index contributed by atoms with van der Waals surface area (Å²) in [5.41, 5.74) is 6.33. The fourth-order valence-corrected chi connectivity index (χ4v) is 1.20. The lowest BCUT2D eigenvalue weighted by Gasteiger charge is -2.16. The molecule has 0 aliphatic rings. The molecule has 0 unspecified atom stereocenters. The van der Waals surface area contributed by atoms with Crippen molar-refractivity contribution in [3.63, 3.8) is 0 Å². The van der Waals surface area contributed by atoms with E-state index in [1.807, 2.05) is 0 Å². The van der Waals surface area contributed by atoms with Gasteiger partial charge in [-0.2, -0.15) is 0 Å². The molecule has 0 heterocycles. The topological polar surface area (TPSA) is 66.5 Å². The molecule has 0 spiro atoms. The summed E-state index contributed by atoms with van der Waals surface area (Å²) in [5.74, 6) is -0.495. The largest absolute Gasteiger partial charge is 0.392 e. The zero-order chi connectivity index (χ0) is 10.7. The summed E-state index contributed by atoms with van der Waals surface area (Å²) >= 11 is 0. The maximum Gasteiger partial charge on any atom is 0.128 e. The standard InChI is InChI=1S/C10H14FNO2/c1-6(14)10(12)8-3-2-7(5-13)4-9(8)11/h2-4,6,10,13-14H,5,12H2,1H3/t6-,10+/m1/s1. The van der Waals surface area contributed by atoms with Gasteiger partial charge in [0.1, 0.15) is 5.82 Å². The van der Waals surface area contributed by atoms with E-state index in [4.69, 9.17) is 10.8 Å². The van der Waals surface area contributed by atoms with Crippen LogP contribution in [0.25, 0.3) is 0 Å². The Bertz CT molecular complexity index is 315. The van der Waals surface area contributed by atoms with Gasteiger partial charge in [-0.1, -0.05) is 12.1 Å². The molecule has 78 valence electrons. The van der Waals surface area contributed by atoms with E-state index in [0.717, 1.165) is 0 Å². The van der Waals surface area contributed by atoms with Crippen LogP contribution in [0.1, 0.15) is 24.1 Å². The summed E-state index contributed by atoms with van der Waals surface area (Å²) < 4.78 is 13.3. The second-order valence-electron chi connectivity index (χ2n) is 3.28. The van der Waals surface area contributed by atoms with Gasteiger partial charge in [-0.25, -0.2) is 4.39 Å². The van der Waals surface area contributed by atoms with Crippen molar-refractivity contribution in [3.8, 4) is 0 Å². The zero-order valence-corrected chi connectivity index (χ0v) is 7.94. The van der Waals surface area contributed by atoms with Crippen molar-refractivity contribution in [3.05, 3.63) is 35.1 Å². The summed E-state index contributed by atoms with van der Waals surface area (Å²) in [6.45, 7) is 1.30. The lowest BCUT2D eigenvalue weighted by molar-refractivity contribution is 0.162. The molecule has 0 saturated heterocycles. The molecule has 4 N–H and O–H groups in total. The van der Waals surface area contributed by atoms with E-state index in [1.54, 1.807) is 6.07 Å². The molecule has 0 amide bonds. The normalized spacial score (nSPS) is 15.2. The van der Waals surface area contributed by atoms with Crippen LogP contribution in [0.5, 0.6) is 0 Å². The van der Waals surface area contributed by atoms with Gasteiger partial charge >= 0.3 is 0 Å². The van der Waals surface area contributed by atoms with Gasteiger partial charge in [0.05, 0.1) is 18.8 Å². The first-order valence-electron chi connectivity index (χ1n) is 4.39. The van der Waals surface area contributed by atoms with Gasteiger partial charge in [-0.15, -0.1) is 0 Å². The highest BCUT2D eigenvalue weighted by Crippen LogP contribution is 2.19. The summed E-state index contributed by atoms with van der Waals surface area (Å²) in [6, 6.07) is 3.55. The van der Waals surface area contributed by atoms with Crippen LogP contribution in [0.4, 0.5) is 4.39 Å². The number of nitrogens with two attached hydrogens (primary N) is 1. The van der Waals surface area contributed by atoms with Crippen LogP contribution in [0.15, 0.2) is 18.2 Å². The van der Waals surface area contributed by atoms with Gasteiger partial charge in [-0.3, -0.25) is 0 Å². The number of aliphatic hydroxyl groups is 2. The van der Waals surface area contributed by atoms with Crippen LogP contribution in [0, 0.1) is 5.82 Å². The lowest BCUT2D eigenvalue weighted by atomic mass is 10.0. The van der Waals surface area contributed by atoms with Crippen molar-refractivity contribution in [2.45, 2.75) is 25.7 Å². The van der Waals surface area contributed by atoms with Crippen LogP contribution in [-0.4, -0.2) is 16.3 Å². The summed E-state index contributed by atoms with van der Waals surface area (Å²) in [7, 11) is 0. The first-order chi connectivity index (χ1) is 6.56. The molecular formula is C10H14FNO2. The number of rotatable bonds is 3. The van der Waals surface area contributed by atoms with Crippen LogP contribution < -0.4 is 5.73 Å². The molecule has 0 bridgehead atoms. The summed E-state index contributed by atoms with van der Waals surface area (Å²) in [5, 5.41) is 17.9. The highest BCUT2D eigenvalue weighted by atomic mass is 19.1. The highest BCUT2D eigenvalue weighted by Gasteiger charge is 2.16. The minimum atomic E-state index is -0.801. The Balaban J connectivity index is 2.99. The fourth-order valence-electron chi connectivity index (χ4n) is 1.20. The molecule has 0 radical (unpaired) electrons. The van der Waals surface area contributed by atoms with Crippen molar-refractivity contribution in [2.24, 2.45) is 5.73 Å². The molecule has 1 rings (SSSR count). The molecule has 0 saturated carbocycles. The Hall–Kier alpha value is -0.970.